The lowest BCUT2D eigenvalue weighted by Crippen LogP contribution is -2.07. The summed E-state index contributed by atoms with van der Waals surface area (Å²) in [6.07, 6.45) is 2.17. The van der Waals surface area contributed by atoms with Crippen LogP contribution in [0.5, 0.6) is 0 Å². The Morgan fingerprint density at radius 1 is 1.23 bits per heavy atom. The van der Waals surface area contributed by atoms with Crippen LogP contribution >= 0.6 is 0 Å². The van der Waals surface area contributed by atoms with E-state index in [1.54, 1.807) is 0 Å². The highest BCUT2D eigenvalue weighted by atomic mass is 16.5. The first-order valence-electron chi connectivity index (χ1n) is 7.29. The Morgan fingerprint density at radius 2 is 2.09 bits per heavy atom. The lowest BCUT2D eigenvalue weighted by molar-refractivity contribution is -0.142. The second-order valence-corrected chi connectivity index (χ2v) is 5.15. The van der Waals surface area contributed by atoms with Crippen molar-refractivity contribution in [1.29, 1.82) is 0 Å². The number of nitrogens with two attached hydrogens (primary N) is 1. The van der Waals surface area contributed by atoms with Crippen LogP contribution in [0.3, 0.4) is 0 Å². The molecule has 3 aromatic rings. The molecule has 0 aliphatic rings. The van der Waals surface area contributed by atoms with Gasteiger partial charge in [0.15, 0.2) is 0 Å². The Labute approximate surface area is 128 Å². The van der Waals surface area contributed by atoms with Gasteiger partial charge < -0.3 is 15.5 Å². The summed E-state index contributed by atoms with van der Waals surface area (Å²) in [7, 11) is 0. The highest BCUT2D eigenvalue weighted by molar-refractivity contribution is 6.01. The number of nitrogen functional groups attached to an aromatic ring is 1. The van der Waals surface area contributed by atoms with Crippen molar-refractivity contribution in [2.45, 2.75) is 13.3 Å². The number of ether oxygens (including phenoxy) is 1. The summed E-state index contributed by atoms with van der Waals surface area (Å²) >= 11 is 0. The van der Waals surface area contributed by atoms with Crippen LogP contribution in [0.15, 0.2) is 48.7 Å². The molecule has 0 saturated carbocycles. The third-order valence-electron chi connectivity index (χ3n) is 3.64. The van der Waals surface area contributed by atoms with Gasteiger partial charge in [0, 0.05) is 28.4 Å². The van der Waals surface area contributed by atoms with Crippen molar-refractivity contribution >= 4 is 22.6 Å². The molecule has 0 aliphatic heterocycles. The minimum Gasteiger partial charge on any atom is -0.466 e. The van der Waals surface area contributed by atoms with E-state index in [1.165, 1.54) is 0 Å². The number of nitrogens with one attached hydrogen (secondary N) is 1. The molecular weight excluding hydrogens is 276 g/mol. The molecule has 4 heteroatoms. The Bertz CT molecular complexity index is 821. The number of carbonyl (C=O) groups excluding carboxylic acids is 1. The SMILES string of the molecule is CCOC(=O)Cc1cccc(-c2c(N)ccc3[nH]ccc23)c1. The Kier molecular flexibility index (Phi) is 3.83. The first kappa shape index (κ1) is 14.2. The Hall–Kier alpha value is -2.75. The molecule has 0 bridgehead atoms. The van der Waals surface area contributed by atoms with Gasteiger partial charge in [-0.25, -0.2) is 0 Å². The van der Waals surface area contributed by atoms with Gasteiger partial charge in [-0.05, 0) is 36.2 Å². The maximum absolute atomic E-state index is 11.6. The van der Waals surface area contributed by atoms with E-state index in [4.69, 9.17) is 10.5 Å². The van der Waals surface area contributed by atoms with Crippen LogP contribution in [0.4, 0.5) is 5.69 Å². The number of benzene rings is 2. The number of fused-ring (bicyclic) bond motifs is 1. The van der Waals surface area contributed by atoms with Crippen LogP contribution in [0.25, 0.3) is 22.0 Å². The molecule has 0 aliphatic carbocycles. The van der Waals surface area contributed by atoms with E-state index in [0.717, 1.165) is 33.3 Å². The van der Waals surface area contributed by atoms with Gasteiger partial charge >= 0.3 is 5.97 Å². The van der Waals surface area contributed by atoms with Gasteiger partial charge in [0.1, 0.15) is 0 Å². The molecule has 3 rings (SSSR count). The van der Waals surface area contributed by atoms with Crippen molar-refractivity contribution < 1.29 is 9.53 Å². The van der Waals surface area contributed by atoms with E-state index in [0.29, 0.717) is 6.61 Å². The standard InChI is InChI=1S/C18H18N2O2/c1-2-22-17(21)11-12-4-3-5-13(10-12)18-14-8-9-20-16(14)7-6-15(18)19/h3-10,20H,2,11,19H2,1H3. The highest BCUT2D eigenvalue weighted by Gasteiger charge is 2.11. The van der Waals surface area contributed by atoms with Crippen LogP contribution in [-0.2, 0) is 16.0 Å². The topological polar surface area (TPSA) is 68.1 Å². The molecule has 3 N–H and O–H groups in total. The molecule has 0 spiro atoms. The van der Waals surface area contributed by atoms with Gasteiger partial charge in [0.25, 0.3) is 0 Å². The van der Waals surface area contributed by atoms with Crippen molar-refractivity contribution in [3.63, 3.8) is 0 Å². The smallest absolute Gasteiger partial charge is 0.310 e. The lowest BCUT2D eigenvalue weighted by Gasteiger charge is -2.10. The molecule has 0 radical (unpaired) electrons. The monoisotopic (exact) mass is 294 g/mol. The van der Waals surface area contributed by atoms with Crippen molar-refractivity contribution in [3.05, 3.63) is 54.2 Å². The number of hydrogen-bond acceptors (Lipinski definition) is 3. The minimum atomic E-state index is -0.215. The molecule has 1 heterocycles. The van der Waals surface area contributed by atoms with Gasteiger partial charge in [0.05, 0.1) is 13.0 Å². The van der Waals surface area contributed by atoms with Crippen molar-refractivity contribution in [2.24, 2.45) is 0 Å². The quantitative estimate of drug-likeness (QED) is 0.571. The summed E-state index contributed by atoms with van der Waals surface area (Å²) in [5.41, 5.74) is 10.8. The summed E-state index contributed by atoms with van der Waals surface area (Å²) in [4.78, 5) is 14.8. The number of aromatic amines is 1. The van der Waals surface area contributed by atoms with E-state index in [2.05, 4.69) is 4.98 Å². The maximum Gasteiger partial charge on any atom is 0.310 e. The first-order chi connectivity index (χ1) is 10.7. The zero-order valence-electron chi connectivity index (χ0n) is 12.4. The number of esters is 1. The van der Waals surface area contributed by atoms with E-state index >= 15 is 0 Å². The van der Waals surface area contributed by atoms with E-state index in [-0.39, 0.29) is 12.4 Å². The Balaban J connectivity index is 2.02. The number of aromatic nitrogens is 1. The molecule has 4 nitrogen and oxygen atoms in total. The number of hydrogen-bond donors (Lipinski definition) is 2. The molecular formula is C18H18N2O2. The largest absolute Gasteiger partial charge is 0.466 e. The number of rotatable bonds is 4. The average molecular weight is 294 g/mol. The second-order valence-electron chi connectivity index (χ2n) is 5.15. The minimum absolute atomic E-state index is 0.215. The fraction of sp³-hybridized carbons (Fsp3) is 0.167. The fourth-order valence-corrected chi connectivity index (χ4v) is 2.69. The molecule has 0 amide bonds. The molecule has 22 heavy (non-hydrogen) atoms. The number of H-pyrrole nitrogens is 1. The third-order valence-corrected chi connectivity index (χ3v) is 3.64. The van der Waals surface area contributed by atoms with E-state index in [1.807, 2.05) is 55.6 Å². The normalized spacial score (nSPS) is 10.8. The van der Waals surface area contributed by atoms with Crippen LogP contribution in [0.2, 0.25) is 0 Å². The summed E-state index contributed by atoms with van der Waals surface area (Å²) < 4.78 is 5.00. The summed E-state index contributed by atoms with van der Waals surface area (Å²) in [5, 5.41) is 1.08. The van der Waals surface area contributed by atoms with Gasteiger partial charge in [0.2, 0.25) is 0 Å². The highest BCUT2D eigenvalue weighted by Crippen LogP contribution is 2.34. The third kappa shape index (κ3) is 2.68. The zero-order valence-corrected chi connectivity index (χ0v) is 12.4. The first-order valence-corrected chi connectivity index (χ1v) is 7.29. The second kappa shape index (κ2) is 5.93. The van der Waals surface area contributed by atoms with Crippen LogP contribution in [0, 0.1) is 0 Å². The van der Waals surface area contributed by atoms with Crippen LogP contribution in [0.1, 0.15) is 12.5 Å². The van der Waals surface area contributed by atoms with Crippen molar-refractivity contribution in [1.82, 2.24) is 4.98 Å². The molecule has 0 atom stereocenters. The molecule has 0 unspecified atom stereocenters. The van der Waals surface area contributed by atoms with Gasteiger partial charge in [-0.15, -0.1) is 0 Å². The fourth-order valence-electron chi connectivity index (χ4n) is 2.69. The van der Waals surface area contributed by atoms with E-state index < -0.39 is 0 Å². The zero-order chi connectivity index (χ0) is 15.5. The molecule has 2 aromatic carbocycles. The van der Waals surface area contributed by atoms with E-state index in [9.17, 15) is 4.79 Å². The predicted molar refractivity (Wildman–Crippen MR) is 88.5 cm³/mol. The average Bonchev–Trinajstić information content (AvgIpc) is 2.96. The molecule has 0 saturated heterocycles. The number of anilines is 1. The molecule has 112 valence electrons. The van der Waals surface area contributed by atoms with Crippen LogP contribution < -0.4 is 5.73 Å². The molecule has 1 aromatic heterocycles. The summed E-state index contributed by atoms with van der Waals surface area (Å²) in [6.45, 7) is 2.20. The van der Waals surface area contributed by atoms with Gasteiger partial charge in [-0.2, -0.15) is 0 Å². The lowest BCUT2D eigenvalue weighted by atomic mass is 9.97. The van der Waals surface area contributed by atoms with Gasteiger partial charge in [-0.3, -0.25) is 4.79 Å². The van der Waals surface area contributed by atoms with Crippen molar-refractivity contribution in [3.8, 4) is 11.1 Å². The maximum atomic E-state index is 11.6. The van der Waals surface area contributed by atoms with Gasteiger partial charge in [-0.1, -0.05) is 24.3 Å². The van der Waals surface area contributed by atoms with Crippen LogP contribution in [-0.4, -0.2) is 17.6 Å². The summed E-state index contributed by atoms with van der Waals surface area (Å²) in [5.74, 6) is -0.215. The molecule has 0 fully saturated rings. The van der Waals surface area contributed by atoms with Crippen molar-refractivity contribution in [2.75, 3.05) is 12.3 Å². The Morgan fingerprint density at radius 3 is 2.91 bits per heavy atom. The number of carbonyl (C=O) groups is 1. The summed E-state index contributed by atoms with van der Waals surface area (Å²) in [6, 6.07) is 13.7. The predicted octanol–water partition coefficient (Wildman–Crippen LogP) is 3.52.